The van der Waals surface area contributed by atoms with Crippen LogP contribution < -0.4 is 10.6 Å². The fourth-order valence-corrected chi connectivity index (χ4v) is 3.99. The van der Waals surface area contributed by atoms with E-state index < -0.39 is 0 Å². The van der Waals surface area contributed by atoms with Crippen LogP contribution >= 0.6 is 11.3 Å². The third kappa shape index (κ3) is 7.39. The van der Waals surface area contributed by atoms with E-state index in [0.717, 1.165) is 28.8 Å². The minimum Gasteiger partial charge on any atom is -0.348 e. The van der Waals surface area contributed by atoms with Crippen LogP contribution in [-0.2, 0) is 10.3 Å². The van der Waals surface area contributed by atoms with Gasteiger partial charge in [0.25, 0.3) is 5.91 Å². The molecule has 3 aromatic rings. The third-order valence-electron chi connectivity index (χ3n) is 5.65. The zero-order valence-electron chi connectivity index (χ0n) is 21.6. The Morgan fingerprint density at radius 3 is 2.67 bits per heavy atom. The third-order valence-corrected chi connectivity index (χ3v) is 6.41. The molecule has 1 aromatic carbocycles. The molecule has 0 aliphatic rings. The van der Waals surface area contributed by atoms with Crippen molar-refractivity contribution in [1.29, 1.82) is 0 Å². The Kier molecular flexibility index (Phi) is 8.83. The standard InChI is InChI=1S/C29H34N4O2S/c1-7-20(2)10-8-11-21(3)22-12-9-13-23(16-22)25-19-36-28(31-25)32-26(34)17-30-27(35)24-14-15-33(18-24)29(4,5)6/h8-16,18-19H,3,7,17H2,1-2,4-6H3,(H,30,35)(H,31,32,34)/b11-8-,20-10-. The summed E-state index contributed by atoms with van der Waals surface area (Å²) in [6.45, 7) is 14.4. The van der Waals surface area contributed by atoms with Crippen molar-refractivity contribution < 1.29 is 9.59 Å². The minimum atomic E-state index is -0.331. The van der Waals surface area contributed by atoms with Gasteiger partial charge < -0.3 is 15.2 Å². The van der Waals surface area contributed by atoms with Gasteiger partial charge >= 0.3 is 0 Å². The molecule has 3 rings (SSSR count). The van der Waals surface area contributed by atoms with Crippen LogP contribution in [0.15, 0.2) is 78.5 Å². The van der Waals surface area contributed by atoms with Gasteiger partial charge in [0.2, 0.25) is 5.91 Å². The average molecular weight is 503 g/mol. The lowest BCUT2D eigenvalue weighted by Crippen LogP contribution is -2.32. The van der Waals surface area contributed by atoms with E-state index in [0.29, 0.717) is 10.7 Å². The van der Waals surface area contributed by atoms with Gasteiger partial charge in [0.05, 0.1) is 17.8 Å². The number of aromatic nitrogens is 2. The molecule has 0 saturated heterocycles. The summed E-state index contributed by atoms with van der Waals surface area (Å²) in [4.78, 5) is 29.3. The molecule has 36 heavy (non-hydrogen) atoms. The molecule has 0 radical (unpaired) electrons. The number of anilines is 1. The van der Waals surface area contributed by atoms with Gasteiger partial charge in [0, 0.05) is 28.9 Å². The second-order valence-corrected chi connectivity index (χ2v) is 10.4. The van der Waals surface area contributed by atoms with E-state index in [1.807, 2.05) is 52.6 Å². The molecule has 0 saturated carbocycles. The number of hydrogen-bond acceptors (Lipinski definition) is 4. The smallest absolute Gasteiger partial charge is 0.253 e. The first-order chi connectivity index (χ1) is 17.1. The number of carbonyl (C=O) groups is 2. The highest BCUT2D eigenvalue weighted by atomic mass is 32.1. The first-order valence-electron chi connectivity index (χ1n) is 11.9. The lowest BCUT2D eigenvalue weighted by molar-refractivity contribution is -0.115. The van der Waals surface area contributed by atoms with Crippen molar-refractivity contribution >= 4 is 33.9 Å². The van der Waals surface area contributed by atoms with Crippen molar-refractivity contribution in [2.24, 2.45) is 0 Å². The summed E-state index contributed by atoms with van der Waals surface area (Å²) >= 11 is 1.34. The molecule has 0 bridgehead atoms. The average Bonchev–Trinajstić information content (AvgIpc) is 3.52. The lowest BCUT2D eigenvalue weighted by Gasteiger charge is -2.20. The molecule has 0 aliphatic heterocycles. The first kappa shape index (κ1) is 26.9. The zero-order valence-corrected chi connectivity index (χ0v) is 22.4. The summed E-state index contributed by atoms with van der Waals surface area (Å²) in [5.41, 5.74) is 5.33. The Morgan fingerprint density at radius 2 is 1.97 bits per heavy atom. The van der Waals surface area contributed by atoms with E-state index in [-0.39, 0.29) is 23.9 Å². The SMILES string of the molecule is C=C(/C=C\C=C(\C)CC)c1cccc(-c2csc(NC(=O)CNC(=O)c3ccn(C(C)(C)C)c3)n2)c1. The van der Waals surface area contributed by atoms with Gasteiger partial charge in [-0.1, -0.05) is 55.5 Å². The maximum atomic E-state index is 12.4. The Balaban J connectivity index is 1.58. The van der Waals surface area contributed by atoms with Gasteiger partial charge in [0.15, 0.2) is 5.13 Å². The van der Waals surface area contributed by atoms with Crippen LogP contribution in [-0.4, -0.2) is 27.9 Å². The highest BCUT2D eigenvalue weighted by molar-refractivity contribution is 7.14. The number of amides is 2. The second-order valence-electron chi connectivity index (χ2n) is 9.58. The summed E-state index contributed by atoms with van der Waals surface area (Å²) in [5.74, 6) is -0.624. The number of nitrogens with zero attached hydrogens (tertiary/aromatic N) is 2. The molecule has 188 valence electrons. The number of nitrogens with one attached hydrogen (secondary N) is 2. The lowest BCUT2D eigenvalue weighted by atomic mass is 10.0. The molecule has 2 amide bonds. The number of hydrogen-bond donors (Lipinski definition) is 2. The Hall–Kier alpha value is -3.71. The number of benzene rings is 1. The van der Waals surface area contributed by atoms with E-state index >= 15 is 0 Å². The van der Waals surface area contributed by atoms with Crippen LogP contribution in [0.5, 0.6) is 0 Å². The molecule has 2 N–H and O–H groups in total. The van der Waals surface area contributed by atoms with Gasteiger partial charge in [0.1, 0.15) is 0 Å². The van der Waals surface area contributed by atoms with E-state index in [1.54, 1.807) is 12.3 Å². The topological polar surface area (TPSA) is 76.0 Å². The molecule has 7 heteroatoms. The molecule has 0 atom stereocenters. The van der Waals surface area contributed by atoms with E-state index in [9.17, 15) is 9.59 Å². The van der Waals surface area contributed by atoms with E-state index in [1.165, 1.54) is 16.9 Å². The Morgan fingerprint density at radius 1 is 1.19 bits per heavy atom. The quantitative estimate of drug-likeness (QED) is 0.321. The number of allylic oxidation sites excluding steroid dienone is 5. The monoisotopic (exact) mass is 502 g/mol. The van der Waals surface area contributed by atoms with Crippen LogP contribution in [0.1, 0.15) is 57.0 Å². The maximum Gasteiger partial charge on any atom is 0.253 e. The predicted octanol–water partition coefficient (Wildman–Crippen LogP) is 6.66. The summed E-state index contributed by atoms with van der Waals surface area (Å²) < 4.78 is 1.96. The van der Waals surface area contributed by atoms with Crippen LogP contribution in [0.25, 0.3) is 16.8 Å². The van der Waals surface area contributed by atoms with Crippen LogP contribution in [0.3, 0.4) is 0 Å². The number of rotatable bonds is 9. The summed E-state index contributed by atoms with van der Waals surface area (Å²) in [7, 11) is 0. The zero-order chi connectivity index (χ0) is 26.3. The first-order valence-corrected chi connectivity index (χ1v) is 12.8. The normalized spacial score (nSPS) is 12.1. The van der Waals surface area contributed by atoms with Gasteiger partial charge in [-0.25, -0.2) is 4.98 Å². The van der Waals surface area contributed by atoms with Crippen molar-refractivity contribution in [2.75, 3.05) is 11.9 Å². The van der Waals surface area contributed by atoms with Gasteiger partial charge in [-0.15, -0.1) is 11.3 Å². The van der Waals surface area contributed by atoms with Crippen molar-refractivity contribution in [3.8, 4) is 11.3 Å². The second kappa shape index (κ2) is 11.8. The Bertz CT molecular complexity index is 1300. The highest BCUT2D eigenvalue weighted by Crippen LogP contribution is 2.27. The molecule has 0 aliphatic carbocycles. The minimum absolute atomic E-state index is 0.118. The van der Waals surface area contributed by atoms with Gasteiger partial charge in [-0.05, 0) is 57.4 Å². The Labute approximate surface area is 217 Å². The maximum absolute atomic E-state index is 12.4. The van der Waals surface area contributed by atoms with Crippen molar-refractivity contribution in [3.05, 3.63) is 89.6 Å². The molecule has 0 unspecified atom stereocenters. The predicted molar refractivity (Wildman–Crippen MR) is 150 cm³/mol. The largest absolute Gasteiger partial charge is 0.348 e. The van der Waals surface area contributed by atoms with E-state index in [2.05, 4.69) is 62.9 Å². The highest BCUT2D eigenvalue weighted by Gasteiger charge is 2.16. The van der Waals surface area contributed by atoms with Crippen molar-refractivity contribution in [3.63, 3.8) is 0 Å². The molecule has 2 aromatic heterocycles. The van der Waals surface area contributed by atoms with Crippen LogP contribution in [0.4, 0.5) is 5.13 Å². The van der Waals surface area contributed by atoms with E-state index in [4.69, 9.17) is 0 Å². The van der Waals surface area contributed by atoms with Gasteiger partial charge in [-0.2, -0.15) is 0 Å². The number of carbonyl (C=O) groups excluding carboxylic acids is 2. The van der Waals surface area contributed by atoms with Gasteiger partial charge in [-0.3, -0.25) is 9.59 Å². The van der Waals surface area contributed by atoms with Crippen molar-refractivity contribution in [1.82, 2.24) is 14.9 Å². The summed E-state index contributed by atoms with van der Waals surface area (Å²) in [6.07, 6.45) is 10.8. The molecule has 2 heterocycles. The van der Waals surface area contributed by atoms with Crippen LogP contribution in [0, 0.1) is 0 Å². The molecule has 6 nitrogen and oxygen atoms in total. The molecule has 0 fully saturated rings. The number of thiazole rings is 1. The fraction of sp³-hybridized carbons (Fsp3) is 0.276. The summed E-state index contributed by atoms with van der Waals surface area (Å²) in [6, 6.07) is 9.74. The van der Waals surface area contributed by atoms with Crippen molar-refractivity contribution in [2.45, 2.75) is 46.6 Å². The fourth-order valence-electron chi connectivity index (χ4n) is 3.26. The molecule has 0 spiro atoms. The van der Waals surface area contributed by atoms with Crippen LogP contribution in [0.2, 0.25) is 0 Å². The summed E-state index contributed by atoms with van der Waals surface area (Å²) in [5, 5.41) is 7.80. The molecular weight excluding hydrogens is 468 g/mol. The molecular formula is C29H34N4O2S.